The second kappa shape index (κ2) is 4.89. The molecule has 8 heteroatoms. The zero-order valence-electron chi connectivity index (χ0n) is 8.95. The Morgan fingerprint density at radius 2 is 2.00 bits per heavy atom. The van der Waals surface area contributed by atoms with Crippen LogP contribution in [0.2, 0.25) is 5.02 Å². The van der Waals surface area contributed by atoms with Crippen LogP contribution in [-0.2, 0) is 10.0 Å². The second-order valence-electron chi connectivity index (χ2n) is 3.32. The van der Waals surface area contributed by atoms with Gasteiger partial charge in [-0.25, -0.2) is 18.5 Å². The van der Waals surface area contributed by atoms with Crippen LogP contribution in [0.5, 0.6) is 11.6 Å². The average molecular weight is 286 g/mol. The molecule has 0 amide bonds. The minimum absolute atomic E-state index is 0.0842. The smallest absolute Gasteiger partial charge is 0.239 e. The maximum absolute atomic E-state index is 11.0. The fraction of sp³-hybridized carbons (Fsp3) is 0. The number of pyridine rings is 2. The van der Waals surface area contributed by atoms with Crippen molar-refractivity contribution >= 4 is 21.6 Å². The van der Waals surface area contributed by atoms with Crippen molar-refractivity contribution in [1.82, 2.24) is 9.97 Å². The van der Waals surface area contributed by atoms with Gasteiger partial charge in [0.25, 0.3) is 0 Å². The van der Waals surface area contributed by atoms with Crippen molar-refractivity contribution in [3.05, 3.63) is 41.8 Å². The molecule has 2 aromatic heterocycles. The van der Waals surface area contributed by atoms with Crippen LogP contribution in [0.1, 0.15) is 0 Å². The van der Waals surface area contributed by atoms with Gasteiger partial charge in [-0.1, -0.05) is 11.6 Å². The number of nitrogens with two attached hydrogens (primary N) is 1. The molecule has 0 radical (unpaired) electrons. The van der Waals surface area contributed by atoms with Crippen LogP contribution in [0.15, 0.2) is 41.7 Å². The Kier molecular flexibility index (Phi) is 3.46. The van der Waals surface area contributed by atoms with Crippen molar-refractivity contribution in [1.29, 1.82) is 0 Å². The Morgan fingerprint density at radius 1 is 1.22 bits per heavy atom. The molecule has 0 spiro atoms. The Hall–Kier alpha value is -1.70. The molecule has 0 bridgehead atoms. The standard InChI is InChI=1S/C10H8ClN3O3S/c11-7-3-8(5-13-4-7)17-10-2-1-9(6-14-10)18(12,15)16/h1-6H,(H2,12,15,16). The Bertz CT molecular complexity index is 658. The number of hydrogen-bond acceptors (Lipinski definition) is 5. The zero-order valence-corrected chi connectivity index (χ0v) is 10.5. The van der Waals surface area contributed by atoms with E-state index in [2.05, 4.69) is 9.97 Å². The molecule has 0 aliphatic carbocycles. The number of primary sulfonamides is 1. The number of ether oxygens (including phenoxy) is 1. The summed E-state index contributed by atoms with van der Waals surface area (Å²) in [5, 5.41) is 5.37. The van der Waals surface area contributed by atoms with Gasteiger partial charge in [0.15, 0.2) is 0 Å². The van der Waals surface area contributed by atoms with Gasteiger partial charge in [-0.3, -0.25) is 4.98 Å². The van der Waals surface area contributed by atoms with Crippen LogP contribution < -0.4 is 9.88 Å². The summed E-state index contributed by atoms with van der Waals surface area (Å²) in [6, 6.07) is 4.25. The Balaban J connectivity index is 2.21. The number of rotatable bonds is 3. The van der Waals surface area contributed by atoms with Crippen molar-refractivity contribution < 1.29 is 13.2 Å². The van der Waals surface area contributed by atoms with E-state index >= 15 is 0 Å². The second-order valence-corrected chi connectivity index (χ2v) is 5.32. The topological polar surface area (TPSA) is 95.2 Å². The predicted octanol–water partition coefficient (Wildman–Crippen LogP) is 1.57. The maximum Gasteiger partial charge on any atom is 0.239 e. The van der Waals surface area contributed by atoms with E-state index in [4.69, 9.17) is 21.5 Å². The van der Waals surface area contributed by atoms with E-state index in [9.17, 15) is 8.42 Å². The van der Waals surface area contributed by atoms with Crippen LogP contribution in [-0.4, -0.2) is 18.4 Å². The minimum atomic E-state index is -3.75. The van der Waals surface area contributed by atoms with Crippen molar-refractivity contribution in [2.45, 2.75) is 4.90 Å². The van der Waals surface area contributed by atoms with Crippen LogP contribution in [0.25, 0.3) is 0 Å². The van der Waals surface area contributed by atoms with Crippen molar-refractivity contribution in [2.75, 3.05) is 0 Å². The van der Waals surface area contributed by atoms with Crippen LogP contribution in [0.3, 0.4) is 0 Å². The maximum atomic E-state index is 11.0. The molecule has 94 valence electrons. The quantitative estimate of drug-likeness (QED) is 0.923. The van der Waals surface area contributed by atoms with Gasteiger partial charge in [0.05, 0.1) is 17.4 Å². The lowest BCUT2D eigenvalue weighted by molar-refractivity contribution is 0.460. The lowest BCUT2D eigenvalue weighted by atomic mass is 10.4. The summed E-state index contributed by atoms with van der Waals surface area (Å²) in [5.74, 6) is 0.616. The first-order valence-electron chi connectivity index (χ1n) is 4.72. The van der Waals surface area contributed by atoms with E-state index in [0.29, 0.717) is 10.8 Å². The van der Waals surface area contributed by atoms with Gasteiger partial charge < -0.3 is 4.74 Å². The summed E-state index contributed by atoms with van der Waals surface area (Å²) in [6.07, 6.45) is 4.04. The zero-order chi connectivity index (χ0) is 13.2. The summed E-state index contributed by atoms with van der Waals surface area (Å²) in [6.45, 7) is 0. The van der Waals surface area contributed by atoms with Gasteiger partial charge in [0.1, 0.15) is 10.6 Å². The van der Waals surface area contributed by atoms with E-state index in [-0.39, 0.29) is 10.8 Å². The lowest BCUT2D eigenvalue weighted by Gasteiger charge is -2.04. The SMILES string of the molecule is NS(=O)(=O)c1ccc(Oc2cncc(Cl)c2)nc1. The van der Waals surface area contributed by atoms with Crippen LogP contribution >= 0.6 is 11.6 Å². The number of sulfonamides is 1. The first kappa shape index (κ1) is 12.7. The highest BCUT2D eigenvalue weighted by atomic mass is 35.5. The molecule has 6 nitrogen and oxygen atoms in total. The molecule has 2 aromatic rings. The monoisotopic (exact) mass is 285 g/mol. The molecule has 2 heterocycles. The fourth-order valence-electron chi connectivity index (χ4n) is 1.16. The highest BCUT2D eigenvalue weighted by molar-refractivity contribution is 7.89. The number of aromatic nitrogens is 2. The Labute approximate surface area is 108 Å². The molecule has 0 aliphatic heterocycles. The third kappa shape index (κ3) is 3.16. The molecule has 0 fully saturated rings. The lowest BCUT2D eigenvalue weighted by Crippen LogP contribution is -2.12. The molecule has 0 saturated carbocycles. The summed E-state index contributed by atoms with van der Waals surface area (Å²) in [4.78, 5) is 7.57. The summed E-state index contributed by atoms with van der Waals surface area (Å²) in [5.41, 5.74) is 0. The molecule has 0 atom stereocenters. The summed E-state index contributed by atoms with van der Waals surface area (Å²) in [7, 11) is -3.75. The minimum Gasteiger partial charge on any atom is -0.437 e. The molecular weight excluding hydrogens is 278 g/mol. The molecule has 0 aliphatic rings. The third-order valence-electron chi connectivity index (χ3n) is 1.94. The van der Waals surface area contributed by atoms with Crippen molar-refractivity contribution in [2.24, 2.45) is 5.14 Å². The van der Waals surface area contributed by atoms with E-state index < -0.39 is 10.0 Å². The number of halogens is 1. The molecule has 2 rings (SSSR count). The first-order chi connectivity index (χ1) is 8.45. The van der Waals surface area contributed by atoms with Gasteiger partial charge >= 0.3 is 0 Å². The molecule has 0 unspecified atom stereocenters. The van der Waals surface area contributed by atoms with Crippen LogP contribution in [0, 0.1) is 0 Å². The molecule has 0 aromatic carbocycles. The number of hydrogen-bond donors (Lipinski definition) is 1. The molecule has 18 heavy (non-hydrogen) atoms. The van der Waals surface area contributed by atoms with E-state index in [1.54, 1.807) is 6.07 Å². The summed E-state index contributed by atoms with van der Waals surface area (Å²) >= 11 is 5.74. The number of nitrogens with zero attached hydrogens (tertiary/aromatic N) is 2. The molecule has 2 N–H and O–H groups in total. The van der Waals surface area contributed by atoms with Gasteiger partial charge in [-0.05, 0) is 6.07 Å². The average Bonchev–Trinajstić information content (AvgIpc) is 2.28. The van der Waals surface area contributed by atoms with Gasteiger partial charge in [-0.15, -0.1) is 0 Å². The largest absolute Gasteiger partial charge is 0.437 e. The van der Waals surface area contributed by atoms with Gasteiger partial charge in [0.2, 0.25) is 15.9 Å². The van der Waals surface area contributed by atoms with Gasteiger partial charge in [0, 0.05) is 18.3 Å². The van der Waals surface area contributed by atoms with E-state index in [1.165, 1.54) is 24.5 Å². The Morgan fingerprint density at radius 3 is 2.56 bits per heavy atom. The van der Waals surface area contributed by atoms with E-state index in [0.717, 1.165) is 6.20 Å². The molecule has 0 saturated heterocycles. The highest BCUT2D eigenvalue weighted by Crippen LogP contribution is 2.21. The normalized spacial score (nSPS) is 11.2. The van der Waals surface area contributed by atoms with Crippen molar-refractivity contribution in [3.63, 3.8) is 0 Å². The third-order valence-corrected chi connectivity index (χ3v) is 3.05. The first-order valence-corrected chi connectivity index (χ1v) is 6.65. The van der Waals surface area contributed by atoms with Gasteiger partial charge in [-0.2, -0.15) is 0 Å². The van der Waals surface area contributed by atoms with Crippen molar-refractivity contribution in [3.8, 4) is 11.6 Å². The van der Waals surface area contributed by atoms with E-state index in [1.807, 2.05) is 0 Å². The highest BCUT2D eigenvalue weighted by Gasteiger charge is 2.08. The van der Waals surface area contributed by atoms with Crippen LogP contribution in [0.4, 0.5) is 0 Å². The summed E-state index contributed by atoms with van der Waals surface area (Å²) < 4.78 is 27.4. The molecular formula is C10H8ClN3O3S. The predicted molar refractivity (Wildman–Crippen MR) is 64.9 cm³/mol. The fourth-order valence-corrected chi connectivity index (χ4v) is 1.79.